The minimum atomic E-state index is -3.11. The molecule has 116 valence electrons. The van der Waals surface area contributed by atoms with Gasteiger partial charge in [-0.2, -0.15) is 4.31 Å². The Morgan fingerprint density at radius 3 is 2.38 bits per heavy atom. The van der Waals surface area contributed by atoms with Gasteiger partial charge in [0.2, 0.25) is 16.0 Å². The minimum Gasteiger partial charge on any atom is -0.339 e. The Morgan fingerprint density at radius 1 is 1.19 bits per heavy atom. The molecule has 2 heterocycles. The Kier molecular flexibility index (Phi) is 3.65. The Hall–Kier alpha value is -1.21. The van der Waals surface area contributed by atoms with Crippen LogP contribution in [-0.4, -0.2) is 54.1 Å². The number of likely N-dealkylation sites (N-methyl/N-ethyl adjacent to an activating group) is 1. The molecule has 3 rings (SSSR count). The molecular weight excluding hydrogens is 288 g/mol. The van der Waals surface area contributed by atoms with Crippen LogP contribution in [0.2, 0.25) is 0 Å². The van der Waals surface area contributed by atoms with Crippen LogP contribution in [-0.2, 0) is 10.0 Å². The van der Waals surface area contributed by atoms with E-state index in [9.17, 15) is 8.42 Å². The maximum Gasteiger partial charge on any atom is 0.225 e. The Bertz CT molecular complexity index is 622. The summed E-state index contributed by atoms with van der Waals surface area (Å²) in [5.41, 5.74) is 1.89. The number of hydrogen-bond acceptors (Lipinski definition) is 5. The van der Waals surface area contributed by atoms with Gasteiger partial charge in [0, 0.05) is 37.6 Å². The van der Waals surface area contributed by atoms with Crippen molar-refractivity contribution in [1.82, 2.24) is 14.3 Å². The van der Waals surface area contributed by atoms with Crippen molar-refractivity contribution >= 4 is 16.0 Å². The lowest BCUT2D eigenvalue weighted by atomic mass is 10.3. The molecular formula is C14H22N4O2S. The molecule has 0 amide bonds. The molecule has 2 aliphatic rings. The molecule has 21 heavy (non-hydrogen) atoms. The van der Waals surface area contributed by atoms with Crippen molar-refractivity contribution in [2.24, 2.45) is 0 Å². The summed E-state index contributed by atoms with van der Waals surface area (Å²) in [4.78, 5) is 11.0. The molecule has 1 atom stereocenters. The molecule has 0 bridgehead atoms. The van der Waals surface area contributed by atoms with Gasteiger partial charge in [0.05, 0.1) is 5.25 Å². The van der Waals surface area contributed by atoms with Gasteiger partial charge in [0.1, 0.15) is 0 Å². The fraction of sp³-hybridized carbons (Fsp3) is 0.714. The average molecular weight is 310 g/mol. The first-order valence-corrected chi connectivity index (χ1v) is 8.92. The summed E-state index contributed by atoms with van der Waals surface area (Å²) in [5, 5.41) is -0.144. The highest BCUT2D eigenvalue weighted by Crippen LogP contribution is 2.33. The highest BCUT2D eigenvalue weighted by Gasteiger charge is 2.42. The maximum atomic E-state index is 12.3. The number of aryl methyl sites for hydroxylation is 2. The fourth-order valence-electron chi connectivity index (χ4n) is 2.88. The molecule has 1 aliphatic carbocycles. The van der Waals surface area contributed by atoms with Crippen LogP contribution in [0.5, 0.6) is 0 Å². The fourth-order valence-corrected chi connectivity index (χ4v) is 4.67. The predicted molar refractivity (Wildman–Crippen MR) is 81.8 cm³/mol. The van der Waals surface area contributed by atoms with Gasteiger partial charge in [-0.25, -0.2) is 18.4 Å². The van der Waals surface area contributed by atoms with Crippen molar-refractivity contribution in [1.29, 1.82) is 0 Å². The second kappa shape index (κ2) is 5.21. The summed E-state index contributed by atoms with van der Waals surface area (Å²) in [6, 6.07) is 1.97. The van der Waals surface area contributed by atoms with Gasteiger partial charge in [0.15, 0.2) is 0 Å². The van der Waals surface area contributed by atoms with Crippen LogP contribution in [0.3, 0.4) is 0 Å². The first-order chi connectivity index (χ1) is 9.88. The van der Waals surface area contributed by atoms with E-state index in [1.807, 2.05) is 19.9 Å². The highest BCUT2D eigenvalue weighted by molar-refractivity contribution is 7.90. The average Bonchev–Trinajstić information content (AvgIpc) is 3.15. The number of rotatable bonds is 4. The normalized spacial score (nSPS) is 23.0. The van der Waals surface area contributed by atoms with Crippen LogP contribution in [0.1, 0.15) is 30.7 Å². The van der Waals surface area contributed by atoms with E-state index in [0.29, 0.717) is 12.5 Å². The highest BCUT2D eigenvalue weighted by atomic mass is 32.2. The van der Waals surface area contributed by atoms with Gasteiger partial charge in [-0.1, -0.05) is 0 Å². The van der Waals surface area contributed by atoms with Gasteiger partial charge in [-0.05, 0) is 39.2 Å². The number of aromatic nitrogens is 2. The van der Waals surface area contributed by atoms with E-state index in [0.717, 1.165) is 37.2 Å². The van der Waals surface area contributed by atoms with Crippen molar-refractivity contribution < 1.29 is 8.42 Å². The largest absolute Gasteiger partial charge is 0.339 e. The van der Waals surface area contributed by atoms with Crippen LogP contribution in [0.25, 0.3) is 0 Å². The quantitative estimate of drug-likeness (QED) is 0.833. The van der Waals surface area contributed by atoms with Gasteiger partial charge < -0.3 is 4.90 Å². The van der Waals surface area contributed by atoms with E-state index in [1.54, 1.807) is 11.4 Å². The maximum absolute atomic E-state index is 12.3. The minimum absolute atomic E-state index is 0.0278. The van der Waals surface area contributed by atoms with Crippen molar-refractivity contribution in [3.63, 3.8) is 0 Å². The van der Waals surface area contributed by atoms with Gasteiger partial charge in [0.25, 0.3) is 0 Å². The molecule has 2 fully saturated rings. The van der Waals surface area contributed by atoms with Crippen LogP contribution in [0.4, 0.5) is 5.95 Å². The van der Waals surface area contributed by atoms with Gasteiger partial charge >= 0.3 is 0 Å². The summed E-state index contributed by atoms with van der Waals surface area (Å²) in [5.74, 6) is 0.715. The van der Waals surface area contributed by atoms with Crippen molar-refractivity contribution in [3.8, 4) is 0 Å². The SMILES string of the molecule is Cc1cc(C)nc(N2CCC(N(C)S(=O)(=O)C3CC3)C2)n1. The molecule has 1 aliphatic heterocycles. The van der Waals surface area contributed by atoms with Crippen LogP contribution >= 0.6 is 0 Å². The van der Waals surface area contributed by atoms with E-state index >= 15 is 0 Å². The molecule has 6 nitrogen and oxygen atoms in total. The lowest BCUT2D eigenvalue weighted by Crippen LogP contribution is -2.40. The first-order valence-electron chi connectivity index (χ1n) is 7.42. The molecule has 0 spiro atoms. The third kappa shape index (κ3) is 2.89. The molecule has 0 N–H and O–H groups in total. The van der Waals surface area contributed by atoms with E-state index in [1.165, 1.54) is 0 Å². The van der Waals surface area contributed by atoms with Crippen LogP contribution in [0, 0.1) is 13.8 Å². The molecule has 0 aromatic carbocycles. The summed E-state index contributed by atoms with van der Waals surface area (Å²) in [7, 11) is -1.39. The summed E-state index contributed by atoms with van der Waals surface area (Å²) in [6.07, 6.45) is 2.45. The van der Waals surface area contributed by atoms with Crippen molar-refractivity contribution in [3.05, 3.63) is 17.5 Å². The van der Waals surface area contributed by atoms with Gasteiger partial charge in [-0.15, -0.1) is 0 Å². The number of hydrogen-bond donors (Lipinski definition) is 0. The molecule has 1 unspecified atom stereocenters. The van der Waals surface area contributed by atoms with Crippen molar-refractivity contribution in [2.45, 2.75) is 44.4 Å². The smallest absolute Gasteiger partial charge is 0.225 e. The second-order valence-corrected chi connectivity index (χ2v) is 8.37. The third-order valence-electron chi connectivity index (χ3n) is 4.28. The van der Waals surface area contributed by atoms with E-state index in [4.69, 9.17) is 0 Å². The standard InChI is InChI=1S/C14H22N4O2S/c1-10-8-11(2)16-14(15-10)18-7-6-12(9-18)17(3)21(19,20)13-4-5-13/h8,12-13H,4-7,9H2,1-3H3. The van der Waals surface area contributed by atoms with E-state index in [-0.39, 0.29) is 11.3 Å². The van der Waals surface area contributed by atoms with Gasteiger partial charge in [-0.3, -0.25) is 0 Å². The van der Waals surface area contributed by atoms with Crippen LogP contribution < -0.4 is 4.90 Å². The molecule has 7 heteroatoms. The zero-order valence-electron chi connectivity index (χ0n) is 12.8. The zero-order valence-corrected chi connectivity index (χ0v) is 13.6. The van der Waals surface area contributed by atoms with E-state index in [2.05, 4.69) is 14.9 Å². The van der Waals surface area contributed by atoms with E-state index < -0.39 is 10.0 Å². The molecule has 0 radical (unpaired) electrons. The molecule has 1 saturated carbocycles. The topological polar surface area (TPSA) is 66.4 Å². The monoisotopic (exact) mass is 310 g/mol. The molecule has 1 saturated heterocycles. The lowest BCUT2D eigenvalue weighted by molar-refractivity contribution is 0.389. The lowest BCUT2D eigenvalue weighted by Gasteiger charge is -2.24. The molecule has 1 aromatic heterocycles. The number of nitrogens with zero attached hydrogens (tertiary/aromatic N) is 4. The zero-order chi connectivity index (χ0) is 15.2. The Morgan fingerprint density at radius 2 is 1.81 bits per heavy atom. The third-order valence-corrected chi connectivity index (χ3v) is 6.69. The number of anilines is 1. The molecule has 1 aromatic rings. The summed E-state index contributed by atoms with van der Waals surface area (Å²) >= 11 is 0. The second-order valence-electron chi connectivity index (χ2n) is 6.10. The predicted octanol–water partition coefficient (Wildman–Crippen LogP) is 1.10. The Balaban J connectivity index is 1.73. The first kappa shape index (κ1) is 14.7. The Labute approximate surface area is 126 Å². The summed E-state index contributed by atoms with van der Waals surface area (Å²) in [6.45, 7) is 5.38. The van der Waals surface area contributed by atoms with Crippen LogP contribution in [0.15, 0.2) is 6.07 Å². The summed E-state index contributed by atoms with van der Waals surface area (Å²) < 4.78 is 26.2. The van der Waals surface area contributed by atoms with Crippen molar-refractivity contribution in [2.75, 3.05) is 25.0 Å². The number of sulfonamides is 1.